The second-order valence-corrected chi connectivity index (χ2v) is 3.16. The van der Waals surface area contributed by atoms with Crippen LogP contribution in [-0.4, -0.2) is 15.0 Å². The SMILES string of the molecule is C=CCc1nnn2c1CCCC2. The lowest BCUT2D eigenvalue weighted by Crippen LogP contribution is -2.11. The van der Waals surface area contributed by atoms with E-state index in [4.69, 9.17) is 0 Å². The van der Waals surface area contributed by atoms with E-state index in [1.54, 1.807) is 0 Å². The quantitative estimate of drug-likeness (QED) is 0.616. The molecule has 12 heavy (non-hydrogen) atoms. The van der Waals surface area contributed by atoms with E-state index < -0.39 is 0 Å². The Bertz CT molecular complexity index is 288. The fourth-order valence-electron chi connectivity index (χ4n) is 1.67. The van der Waals surface area contributed by atoms with E-state index in [9.17, 15) is 0 Å². The molecule has 1 aromatic rings. The maximum atomic E-state index is 4.13. The van der Waals surface area contributed by atoms with Crippen molar-refractivity contribution in [1.82, 2.24) is 15.0 Å². The summed E-state index contributed by atoms with van der Waals surface area (Å²) in [5.74, 6) is 0. The van der Waals surface area contributed by atoms with Gasteiger partial charge in [0.25, 0.3) is 0 Å². The lowest BCUT2D eigenvalue weighted by molar-refractivity contribution is 0.476. The summed E-state index contributed by atoms with van der Waals surface area (Å²) in [4.78, 5) is 0. The Kier molecular flexibility index (Phi) is 1.94. The average molecular weight is 163 g/mol. The van der Waals surface area contributed by atoms with Gasteiger partial charge in [0.2, 0.25) is 0 Å². The van der Waals surface area contributed by atoms with Crippen LogP contribution in [0.1, 0.15) is 24.2 Å². The molecule has 3 heteroatoms. The molecular weight excluding hydrogens is 150 g/mol. The highest BCUT2D eigenvalue weighted by atomic mass is 15.4. The van der Waals surface area contributed by atoms with Gasteiger partial charge in [-0.15, -0.1) is 11.7 Å². The average Bonchev–Trinajstić information content (AvgIpc) is 2.50. The van der Waals surface area contributed by atoms with Crippen LogP contribution in [0.4, 0.5) is 0 Å². The highest BCUT2D eigenvalue weighted by Crippen LogP contribution is 2.16. The molecule has 1 aliphatic heterocycles. The molecule has 0 N–H and O–H groups in total. The predicted octanol–water partition coefficient (Wildman–Crippen LogP) is 1.34. The molecule has 0 spiro atoms. The summed E-state index contributed by atoms with van der Waals surface area (Å²) in [7, 11) is 0. The molecular formula is C9H13N3. The van der Waals surface area contributed by atoms with Crippen LogP contribution in [0.25, 0.3) is 0 Å². The molecule has 1 aliphatic rings. The number of rotatable bonds is 2. The van der Waals surface area contributed by atoms with Gasteiger partial charge in [-0.05, 0) is 19.3 Å². The van der Waals surface area contributed by atoms with Crippen LogP contribution in [0.3, 0.4) is 0 Å². The van der Waals surface area contributed by atoms with E-state index in [1.807, 2.05) is 10.8 Å². The summed E-state index contributed by atoms with van der Waals surface area (Å²) >= 11 is 0. The monoisotopic (exact) mass is 163 g/mol. The lowest BCUT2D eigenvalue weighted by atomic mass is 10.1. The zero-order valence-corrected chi connectivity index (χ0v) is 7.16. The van der Waals surface area contributed by atoms with Gasteiger partial charge in [-0.25, -0.2) is 4.68 Å². The van der Waals surface area contributed by atoms with E-state index in [0.29, 0.717) is 0 Å². The van der Waals surface area contributed by atoms with E-state index in [-0.39, 0.29) is 0 Å². The summed E-state index contributed by atoms with van der Waals surface area (Å²) in [5.41, 5.74) is 2.44. The normalized spacial score (nSPS) is 15.7. The number of aromatic nitrogens is 3. The van der Waals surface area contributed by atoms with Gasteiger partial charge in [0.15, 0.2) is 0 Å². The first-order valence-electron chi connectivity index (χ1n) is 4.44. The van der Waals surface area contributed by atoms with E-state index in [2.05, 4.69) is 16.9 Å². The Morgan fingerprint density at radius 1 is 1.50 bits per heavy atom. The maximum absolute atomic E-state index is 4.13. The van der Waals surface area contributed by atoms with Crippen molar-refractivity contribution in [2.45, 2.75) is 32.2 Å². The van der Waals surface area contributed by atoms with Crippen LogP contribution in [0.5, 0.6) is 0 Å². The number of aryl methyl sites for hydroxylation is 1. The molecule has 0 amide bonds. The molecule has 0 saturated carbocycles. The minimum absolute atomic E-state index is 0.856. The molecule has 0 unspecified atom stereocenters. The van der Waals surface area contributed by atoms with Gasteiger partial charge in [0.1, 0.15) is 0 Å². The fraction of sp³-hybridized carbons (Fsp3) is 0.556. The maximum Gasteiger partial charge on any atom is 0.0896 e. The molecule has 2 heterocycles. The van der Waals surface area contributed by atoms with Crippen LogP contribution in [0, 0.1) is 0 Å². The smallest absolute Gasteiger partial charge is 0.0896 e. The topological polar surface area (TPSA) is 30.7 Å². The second-order valence-electron chi connectivity index (χ2n) is 3.16. The van der Waals surface area contributed by atoms with E-state index in [1.165, 1.54) is 18.5 Å². The first-order chi connectivity index (χ1) is 5.92. The van der Waals surface area contributed by atoms with Crippen LogP contribution < -0.4 is 0 Å². The summed E-state index contributed by atoms with van der Waals surface area (Å²) in [5, 5.41) is 8.22. The molecule has 3 nitrogen and oxygen atoms in total. The van der Waals surface area contributed by atoms with Gasteiger partial charge in [-0.3, -0.25) is 0 Å². The van der Waals surface area contributed by atoms with Crippen LogP contribution in [0.15, 0.2) is 12.7 Å². The fourth-order valence-corrected chi connectivity index (χ4v) is 1.67. The van der Waals surface area contributed by atoms with Crippen LogP contribution in [-0.2, 0) is 19.4 Å². The van der Waals surface area contributed by atoms with E-state index in [0.717, 1.165) is 25.1 Å². The third-order valence-electron chi connectivity index (χ3n) is 2.29. The van der Waals surface area contributed by atoms with Gasteiger partial charge < -0.3 is 0 Å². The molecule has 0 atom stereocenters. The van der Waals surface area contributed by atoms with Gasteiger partial charge in [-0.2, -0.15) is 0 Å². The van der Waals surface area contributed by atoms with Gasteiger partial charge >= 0.3 is 0 Å². The number of hydrogen-bond acceptors (Lipinski definition) is 2. The van der Waals surface area contributed by atoms with Crippen molar-refractivity contribution < 1.29 is 0 Å². The molecule has 0 aromatic carbocycles. The Morgan fingerprint density at radius 2 is 2.42 bits per heavy atom. The zero-order valence-electron chi connectivity index (χ0n) is 7.16. The molecule has 2 rings (SSSR count). The Morgan fingerprint density at radius 3 is 3.25 bits per heavy atom. The molecule has 0 aliphatic carbocycles. The summed E-state index contributed by atoms with van der Waals surface area (Å²) in [6, 6.07) is 0. The molecule has 0 saturated heterocycles. The third-order valence-corrected chi connectivity index (χ3v) is 2.29. The minimum atomic E-state index is 0.856. The van der Waals surface area contributed by atoms with Crippen molar-refractivity contribution in [1.29, 1.82) is 0 Å². The number of nitrogens with zero attached hydrogens (tertiary/aromatic N) is 3. The first kappa shape index (κ1) is 7.53. The highest BCUT2D eigenvalue weighted by molar-refractivity contribution is 5.14. The Hall–Kier alpha value is -1.12. The zero-order chi connectivity index (χ0) is 8.39. The lowest BCUT2D eigenvalue weighted by Gasteiger charge is -2.12. The molecule has 1 aromatic heterocycles. The van der Waals surface area contributed by atoms with Crippen LogP contribution >= 0.6 is 0 Å². The minimum Gasteiger partial charge on any atom is -0.249 e. The predicted molar refractivity (Wildman–Crippen MR) is 46.9 cm³/mol. The molecule has 0 radical (unpaired) electrons. The van der Waals surface area contributed by atoms with Crippen molar-refractivity contribution in [3.63, 3.8) is 0 Å². The highest BCUT2D eigenvalue weighted by Gasteiger charge is 2.14. The third kappa shape index (κ3) is 1.15. The van der Waals surface area contributed by atoms with Gasteiger partial charge in [-0.1, -0.05) is 11.3 Å². The Balaban J connectivity index is 2.31. The van der Waals surface area contributed by atoms with Gasteiger partial charge in [0, 0.05) is 13.0 Å². The van der Waals surface area contributed by atoms with Crippen molar-refractivity contribution in [2.75, 3.05) is 0 Å². The van der Waals surface area contributed by atoms with Gasteiger partial charge in [0.05, 0.1) is 11.4 Å². The van der Waals surface area contributed by atoms with Crippen molar-refractivity contribution in [3.05, 3.63) is 24.0 Å². The largest absolute Gasteiger partial charge is 0.249 e. The molecule has 64 valence electrons. The first-order valence-corrected chi connectivity index (χ1v) is 4.44. The Labute approximate surface area is 72.1 Å². The van der Waals surface area contributed by atoms with Crippen molar-refractivity contribution in [2.24, 2.45) is 0 Å². The van der Waals surface area contributed by atoms with Crippen molar-refractivity contribution >= 4 is 0 Å². The summed E-state index contributed by atoms with van der Waals surface area (Å²) in [6.45, 7) is 4.75. The van der Waals surface area contributed by atoms with Crippen molar-refractivity contribution in [3.8, 4) is 0 Å². The molecule has 0 fully saturated rings. The number of allylic oxidation sites excluding steroid dienone is 1. The number of hydrogen-bond donors (Lipinski definition) is 0. The van der Waals surface area contributed by atoms with E-state index >= 15 is 0 Å². The molecule has 0 bridgehead atoms. The van der Waals surface area contributed by atoms with Crippen LogP contribution in [0.2, 0.25) is 0 Å². The summed E-state index contributed by atoms with van der Waals surface area (Å²) < 4.78 is 2.03. The summed E-state index contributed by atoms with van der Waals surface area (Å²) in [6.07, 6.45) is 6.40. The standard InChI is InChI=1S/C9H13N3/c1-2-5-8-9-6-3-4-7-12(9)11-10-8/h2H,1,3-7H2. The number of fused-ring (bicyclic) bond motifs is 1. The second kappa shape index (κ2) is 3.09.